The standard InChI is InChI=1S/C12H25N/c1-10(9-13)12(2,3)11-7-5-4-6-8-11/h10-11H,4-9,13H2,1-3H3. The summed E-state index contributed by atoms with van der Waals surface area (Å²) < 4.78 is 0. The van der Waals surface area contributed by atoms with Gasteiger partial charge in [0, 0.05) is 0 Å². The molecule has 0 radical (unpaired) electrons. The van der Waals surface area contributed by atoms with Gasteiger partial charge in [-0.25, -0.2) is 0 Å². The van der Waals surface area contributed by atoms with Crippen LogP contribution in [-0.4, -0.2) is 6.54 Å². The average Bonchev–Trinajstić information content (AvgIpc) is 2.18. The molecule has 78 valence electrons. The van der Waals surface area contributed by atoms with E-state index < -0.39 is 0 Å². The lowest BCUT2D eigenvalue weighted by atomic mass is 9.65. The molecule has 0 aromatic rings. The van der Waals surface area contributed by atoms with Gasteiger partial charge >= 0.3 is 0 Å². The van der Waals surface area contributed by atoms with Crippen molar-refractivity contribution in [2.24, 2.45) is 23.0 Å². The van der Waals surface area contributed by atoms with E-state index in [0.29, 0.717) is 11.3 Å². The molecule has 1 aliphatic rings. The predicted octanol–water partition coefficient (Wildman–Crippen LogP) is 3.19. The van der Waals surface area contributed by atoms with E-state index >= 15 is 0 Å². The van der Waals surface area contributed by atoms with E-state index in [0.717, 1.165) is 12.5 Å². The summed E-state index contributed by atoms with van der Waals surface area (Å²) in [5.74, 6) is 1.58. The maximum absolute atomic E-state index is 5.76. The van der Waals surface area contributed by atoms with Crippen LogP contribution in [-0.2, 0) is 0 Å². The minimum Gasteiger partial charge on any atom is -0.330 e. The second-order valence-electron chi connectivity index (χ2n) is 5.29. The number of hydrogen-bond acceptors (Lipinski definition) is 1. The van der Waals surface area contributed by atoms with Crippen molar-refractivity contribution in [1.29, 1.82) is 0 Å². The normalized spacial score (nSPS) is 23.1. The SMILES string of the molecule is CC(CN)C(C)(C)C1CCCCC1. The van der Waals surface area contributed by atoms with Crippen LogP contribution < -0.4 is 5.73 Å². The van der Waals surface area contributed by atoms with Gasteiger partial charge in [-0.1, -0.05) is 40.0 Å². The smallest absolute Gasteiger partial charge is 0.00463 e. The van der Waals surface area contributed by atoms with Crippen molar-refractivity contribution in [3.63, 3.8) is 0 Å². The highest BCUT2D eigenvalue weighted by Crippen LogP contribution is 2.42. The van der Waals surface area contributed by atoms with E-state index in [-0.39, 0.29) is 0 Å². The van der Waals surface area contributed by atoms with E-state index in [2.05, 4.69) is 20.8 Å². The maximum atomic E-state index is 5.76. The van der Waals surface area contributed by atoms with Gasteiger partial charge in [-0.2, -0.15) is 0 Å². The third-order valence-electron chi connectivity index (χ3n) is 4.28. The average molecular weight is 183 g/mol. The molecule has 2 N–H and O–H groups in total. The summed E-state index contributed by atoms with van der Waals surface area (Å²) in [4.78, 5) is 0. The van der Waals surface area contributed by atoms with Crippen LogP contribution >= 0.6 is 0 Å². The number of hydrogen-bond donors (Lipinski definition) is 1. The third-order valence-corrected chi connectivity index (χ3v) is 4.28. The lowest BCUT2D eigenvalue weighted by Gasteiger charge is -2.41. The van der Waals surface area contributed by atoms with Crippen LogP contribution in [0.3, 0.4) is 0 Å². The van der Waals surface area contributed by atoms with Gasteiger partial charge in [-0.3, -0.25) is 0 Å². The number of nitrogens with two attached hydrogens (primary N) is 1. The van der Waals surface area contributed by atoms with E-state index in [1.807, 2.05) is 0 Å². The second kappa shape index (κ2) is 4.45. The van der Waals surface area contributed by atoms with Crippen molar-refractivity contribution in [1.82, 2.24) is 0 Å². The highest BCUT2D eigenvalue weighted by Gasteiger charge is 2.34. The van der Waals surface area contributed by atoms with Crippen molar-refractivity contribution in [2.75, 3.05) is 6.54 Å². The van der Waals surface area contributed by atoms with Crippen molar-refractivity contribution in [3.8, 4) is 0 Å². The molecule has 1 unspecified atom stereocenters. The van der Waals surface area contributed by atoms with Crippen LogP contribution in [0.1, 0.15) is 52.9 Å². The molecule has 0 spiro atoms. The number of rotatable bonds is 3. The first-order valence-electron chi connectivity index (χ1n) is 5.79. The Labute approximate surface area is 83.1 Å². The Balaban J connectivity index is 2.55. The molecule has 0 aromatic heterocycles. The summed E-state index contributed by atoms with van der Waals surface area (Å²) >= 11 is 0. The molecule has 1 nitrogen and oxygen atoms in total. The Kier molecular flexibility index (Phi) is 3.78. The summed E-state index contributed by atoms with van der Waals surface area (Å²) in [5, 5.41) is 0. The molecule has 0 bridgehead atoms. The molecule has 13 heavy (non-hydrogen) atoms. The molecule has 0 aliphatic heterocycles. The van der Waals surface area contributed by atoms with Gasteiger partial charge < -0.3 is 5.73 Å². The molecule has 1 atom stereocenters. The van der Waals surface area contributed by atoms with E-state index in [9.17, 15) is 0 Å². The predicted molar refractivity (Wildman–Crippen MR) is 58.6 cm³/mol. The fraction of sp³-hybridized carbons (Fsp3) is 1.00. The van der Waals surface area contributed by atoms with Crippen molar-refractivity contribution in [3.05, 3.63) is 0 Å². The lowest BCUT2D eigenvalue weighted by molar-refractivity contribution is 0.0964. The molecule has 1 rings (SSSR count). The lowest BCUT2D eigenvalue weighted by Crippen LogP contribution is -2.36. The van der Waals surface area contributed by atoms with Crippen LogP contribution in [0.15, 0.2) is 0 Å². The maximum Gasteiger partial charge on any atom is -0.00463 e. The summed E-state index contributed by atoms with van der Waals surface area (Å²) in [6, 6.07) is 0. The second-order valence-corrected chi connectivity index (χ2v) is 5.29. The minimum atomic E-state index is 0.454. The molecular formula is C12H25N. The first kappa shape index (κ1) is 11.0. The molecule has 1 aliphatic carbocycles. The van der Waals surface area contributed by atoms with Gasteiger partial charge in [0.2, 0.25) is 0 Å². The highest BCUT2D eigenvalue weighted by atomic mass is 14.6. The van der Waals surface area contributed by atoms with Gasteiger partial charge in [-0.15, -0.1) is 0 Å². The van der Waals surface area contributed by atoms with Gasteiger partial charge in [-0.05, 0) is 36.6 Å². The van der Waals surface area contributed by atoms with E-state index in [4.69, 9.17) is 5.73 Å². The molecule has 1 fully saturated rings. The van der Waals surface area contributed by atoms with Gasteiger partial charge in [0.1, 0.15) is 0 Å². The van der Waals surface area contributed by atoms with Crippen LogP contribution in [0.2, 0.25) is 0 Å². The Morgan fingerprint density at radius 3 is 2.23 bits per heavy atom. The monoisotopic (exact) mass is 183 g/mol. The first-order chi connectivity index (χ1) is 6.09. The largest absolute Gasteiger partial charge is 0.330 e. The summed E-state index contributed by atoms with van der Waals surface area (Å²) in [6.07, 6.45) is 7.18. The van der Waals surface area contributed by atoms with Crippen LogP contribution in [0, 0.1) is 17.3 Å². The Bertz CT molecular complexity index is 145. The topological polar surface area (TPSA) is 26.0 Å². The molecule has 0 saturated heterocycles. The Hall–Kier alpha value is -0.0400. The molecule has 1 saturated carbocycles. The molecular weight excluding hydrogens is 158 g/mol. The molecule has 0 heterocycles. The van der Waals surface area contributed by atoms with E-state index in [1.54, 1.807) is 0 Å². The molecule has 0 aromatic carbocycles. The van der Waals surface area contributed by atoms with E-state index in [1.165, 1.54) is 32.1 Å². The Morgan fingerprint density at radius 1 is 1.23 bits per heavy atom. The Morgan fingerprint density at radius 2 is 1.77 bits per heavy atom. The van der Waals surface area contributed by atoms with Crippen LogP contribution in [0.4, 0.5) is 0 Å². The fourth-order valence-corrected chi connectivity index (χ4v) is 2.55. The molecule has 0 amide bonds. The van der Waals surface area contributed by atoms with Crippen LogP contribution in [0.25, 0.3) is 0 Å². The summed E-state index contributed by atoms with van der Waals surface area (Å²) in [7, 11) is 0. The minimum absolute atomic E-state index is 0.454. The van der Waals surface area contributed by atoms with Gasteiger partial charge in [0.05, 0.1) is 0 Å². The quantitative estimate of drug-likeness (QED) is 0.714. The van der Waals surface area contributed by atoms with Crippen molar-refractivity contribution in [2.45, 2.75) is 52.9 Å². The zero-order chi connectivity index (χ0) is 9.90. The van der Waals surface area contributed by atoms with Gasteiger partial charge in [0.15, 0.2) is 0 Å². The third kappa shape index (κ3) is 2.46. The van der Waals surface area contributed by atoms with Crippen molar-refractivity contribution >= 4 is 0 Å². The van der Waals surface area contributed by atoms with Gasteiger partial charge in [0.25, 0.3) is 0 Å². The zero-order valence-corrected chi connectivity index (χ0v) is 9.47. The molecule has 1 heteroatoms. The van der Waals surface area contributed by atoms with Crippen molar-refractivity contribution < 1.29 is 0 Å². The fourth-order valence-electron chi connectivity index (χ4n) is 2.55. The van der Waals surface area contributed by atoms with Crippen LogP contribution in [0.5, 0.6) is 0 Å². The summed E-state index contributed by atoms with van der Waals surface area (Å²) in [5.41, 5.74) is 6.22. The summed E-state index contributed by atoms with van der Waals surface area (Å²) in [6.45, 7) is 7.94. The highest BCUT2D eigenvalue weighted by molar-refractivity contribution is 4.85. The zero-order valence-electron chi connectivity index (χ0n) is 9.47. The first-order valence-corrected chi connectivity index (χ1v) is 5.79.